The van der Waals surface area contributed by atoms with E-state index in [0.29, 0.717) is 6.04 Å². The van der Waals surface area contributed by atoms with Crippen LogP contribution in [0.15, 0.2) is 53.5 Å². The van der Waals surface area contributed by atoms with Gasteiger partial charge in [0.25, 0.3) is 0 Å². The molecule has 0 radical (unpaired) electrons. The number of pyridine rings is 1. The van der Waals surface area contributed by atoms with Gasteiger partial charge in [-0.1, -0.05) is 6.07 Å². The first-order valence-corrected chi connectivity index (χ1v) is 9.40. The van der Waals surface area contributed by atoms with Crippen molar-refractivity contribution in [3.63, 3.8) is 0 Å². The third kappa shape index (κ3) is 2.74. The van der Waals surface area contributed by atoms with E-state index in [1.807, 2.05) is 35.1 Å². The molecule has 112 valence electrons. The summed E-state index contributed by atoms with van der Waals surface area (Å²) in [6.45, 7) is 2.25. The summed E-state index contributed by atoms with van der Waals surface area (Å²) in [7, 11) is 0. The van der Waals surface area contributed by atoms with E-state index < -0.39 is 0 Å². The second-order valence-corrected chi connectivity index (χ2v) is 7.59. The largest absolute Gasteiger partial charge is 0.291 e. The van der Waals surface area contributed by atoms with Crippen LogP contribution >= 0.6 is 22.7 Å². The minimum absolute atomic E-state index is 0.442. The molecule has 4 rings (SSSR count). The molecule has 3 aromatic rings. The van der Waals surface area contributed by atoms with Gasteiger partial charge in [0.1, 0.15) is 0 Å². The van der Waals surface area contributed by atoms with E-state index in [-0.39, 0.29) is 0 Å². The Labute approximate surface area is 139 Å². The van der Waals surface area contributed by atoms with Crippen LogP contribution in [-0.4, -0.2) is 23.0 Å². The summed E-state index contributed by atoms with van der Waals surface area (Å²) in [6.07, 6.45) is 6.05. The maximum absolute atomic E-state index is 4.11. The monoisotopic (exact) mass is 326 g/mol. The molecule has 1 aliphatic heterocycles. The highest BCUT2D eigenvalue weighted by atomic mass is 32.1. The van der Waals surface area contributed by atoms with E-state index in [1.54, 1.807) is 4.88 Å². The van der Waals surface area contributed by atoms with Gasteiger partial charge in [0.2, 0.25) is 0 Å². The maximum atomic E-state index is 4.11. The minimum Gasteiger partial charge on any atom is -0.291 e. The molecular weight excluding hydrogens is 308 g/mol. The van der Waals surface area contributed by atoms with Gasteiger partial charge >= 0.3 is 0 Å². The quantitative estimate of drug-likeness (QED) is 0.706. The highest BCUT2D eigenvalue weighted by Crippen LogP contribution is 2.39. The third-order valence-electron chi connectivity index (χ3n) is 4.32. The lowest BCUT2D eigenvalue weighted by Crippen LogP contribution is -2.36. The van der Waals surface area contributed by atoms with E-state index in [0.717, 1.165) is 19.5 Å². The van der Waals surface area contributed by atoms with Crippen LogP contribution in [0.25, 0.3) is 0 Å². The zero-order valence-electron chi connectivity index (χ0n) is 12.3. The van der Waals surface area contributed by atoms with Gasteiger partial charge in [0.15, 0.2) is 0 Å². The molecule has 22 heavy (non-hydrogen) atoms. The van der Waals surface area contributed by atoms with Crippen molar-refractivity contribution in [2.45, 2.75) is 18.9 Å². The number of aromatic nitrogens is 1. The third-order valence-corrected chi connectivity index (χ3v) is 6.24. The van der Waals surface area contributed by atoms with E-state index in [2.05, 4.69) is 51.0 Å². The molecule has 3 aromatic heterocycles. The van der Waals surface area contributed by atoms with Gasteiger partial charge in [-0.2, -0.15) is 0 Å². The molecule has 0 bridgehead atoms. The van der Waals surface area contributed by atoms with E-state index >= 15 is 0 Å². The average molecular weight is 326 g/mol. The molecule has 1 unspecified atom stereocenters. The first-order valence-electron chi connectivity index (χ1n) is 7.64. The van der Waals surface area contributed by atoms with Crippen molar-refractivity contribution in [3.8, 4) is 0 Å². The smallest absolute Gasteiger partial charge is 0.0707 e. The van der Waals surface area contributed by atoms with E-state index in [9.17, 15) is 0 Å². The molecule has 2 nitrogen and oxygen atoms in total. The molecular formula is C18H18N2S2. The summed E-state index contributed by atoms with van der Waals surface area (Å²) < 4.78 is 0. The van der Waals surface area contributed by atoms with Crippen molar-refractivity contribution in [3.05, 3.63) is 74.4 Å². The van der Waals surface area contributed by atoms with Crippen LogP contribution < -0.4 is 0 Å². The van der Waals surface area contributed by atoms with Crippen LogP contribution in [0.2, 0.25) is 0 Å². The Kier molecular flexibility index (Phi) is 4.06. The predicted octanol–water partition coefficient (Wildman–Crippen LogP) is 4.39. The van der Waals surface area contributed by atoms with Gasteiger partial charge in [-0.15, -0.1) is 22.7 Å². The average Bonchev–Trinajstić information content (AvgIpc) is 3.24. The zero-order chi connectivity index (χ0) is 14.8. The van der Waals surface area contributed by atoms with Gasteiger partial charge in [0.05, 0.1) is 6.04 Å². The fourth-order valence-corrected chi connectivity index (χ4v) is 4.99. The lowest BCUT2D eigenvalue weighted by atomic mass is 9.98. The SMILES string of the molecule is c1csc(C2c3ccsc3CCN2CCc2ccncc2)c1. The summed E-state index contributed by atoms with van der Waals surface area (Å²) in [6, 6.07) is 11.5. The van der Waals surface area contributed by atoms with Crippen molar-refractivity contribution >= 4 is 22.7 Å². The molecule has 0 saturated carbocycles. The molecule has 0 aromatic carbocycles. The standard InChI is InChI=1S/C18H18N2S2/c1-2-17(21-12-1)18-15-7-13-22-16(15)6-11-20(18)10-5-14-3-8-19-9-4-14/h1-4,7-9,12-13,18H,5-6,10-11H2. The predicted molar refractivity (Wildman–Crippen MR) is 93.7 cm³/mol. The summed E-state index contributed by atoms with van der Waals surface area (Å²) in [5.41, 5.74) is 2.89. The molecule has 1 atom stereocenters. The van der Waals surface area contributed by atoms with Crippen molar-refractivity contribution < 1.29 is 0 Å². The highest BCUT2D eigenvalue weighted by molar-refractivity contribution is 7.10. The van der Waals surface area contributed by atoms with Gasteiger partial charge in [0, 0.05) is 35.2 Å². The first kappa shape index (κ1) is 14.1. The number of nitrogens with zero attached hydrogens (tertiary/aromatic N) is 2. The molecule has 0 spiro atoms. The van der Waals surface area contributed by atoms with Gasteiger partial charge in [-0.3, -0.25) is 9.88 Å². The lowest BCUT2D eigenvalue weighted by Gasteiger charge is -2.35. The minimum atomic E-state index is 0.442. The van der Waals surface area contributed by atoms with Crippen LogP contribution in [0.4, 0.5) is 0 Å². The summed E-state index contributed by atoms with van der Waals surface area (Å²) in [5, 5.41) is 4.44. The van der Waals surface area contributed by atoms with Crippen LogP contribution in [0.5, 0.6) is 0 Å². The van der Waals surface area contributed by atoms with Crippen molar-refractivity contribution in [1.29, 1.82) is 0 Å². The van der Waals surface area contributed by atoms with Crippen LogP contribution in [0, 0.1) is 0 Å². The Hall–Kier alpha value is -1.49. The Bertz CT molecular complexity index is 719. The Morgan fingerprint density at radius 2 is 2.00 bits per heavy atom. The molecule has 0 amide bonds. The van der Waals surface area contributed by atoms with Crippen LogP contribution in [0.3, 0.4) is 0 Å². The maximum Gasteiger partial charge on any atom is 0.0707 e. The van der Waals surface area contributed by atoms with E-state index in [1.165, 1.54) is 22.4 Å². The van der Waals surface area contributed by atoms with Crippen molar-refractivity contribution in [1.82, 2.24) is 9.88 Å². The molecule has 0 fully saturated rings. The van der Waals surface area contributed by atoms with Gasteiger partial charge in [-0.25, -0.2) is 0 Å². The van der Waals surface area contributed by atoms with Gasteiger partial charge < -0.3 is 0 Å². The van der Waals surface area contributed by atoms with Crippen LogP contribution in [-0.2, 0) is 12.8 Å². The summed E-state index contributed by atoms with van der Waals surface area (Å²) in [5.74, 6) is 0. The molecule has 1 aliphatic rings. The van der Waals surface area contributed by atoms with Crippen molar-refractivity contribution in [2.75, 3.05) is 13.1 Å². The lowest BCUT2D eigenvalue weighted by molar-refractivity contribution is 0.220. The van der Waals surface area contributed by atoms with Gasteiger partial charge in [-0.05, 0) is 59.0 Å². The second-order valence-electron chi connectivity index (χ2n) is 5.61. The van der Waals surface area contributed by atoms with E-state index in [4.69, 9.17) is 0 Å². The summed E-state index contributed by atoms with van der Waals surface area (Å²) >= 11 is 3.79. The number of hydrogen-bond donors (Lipinski definition) is 0. The fraction of sp³-hybridized carbons (Fsp3) is 0.278. The first-order chi connectivity index (χ1) is 10.9. The number of fused-ring (bicyclic) bond motifs is 1. The fourth-order valence-electron chi connectivity index (χ4n) is 3.21. The number of hydrogen-bond acceptors (Lipinski definition) is 4. The topological polar surface area (TPSA) is 16.1 Å². The number of thiophene rings is 2. The van der Waals surface area contributed by atoms with Crippen LogP contribution in [0.1, 0.15) is 26.9 Å². The second kappa shape index (κ2) is 6.32. The molecule has 0 aliphatic carbocycles. The Balaban J connectivity index is 1.58. The molecule has 4 heteroatoms. The molecule has 0 saturated heterocycles. The Morgan fingerprint density at radius 3 is 2.82 bits per heavy atom. The zero-order valence-corrected chi connectivity index (χ0v) is 13.9. The normalized spacial score (nSPS) is 18.3. The number of rotatable bonds is 4. The van der Waals surface area contributed by atoms with Crippen molar-refractivity contribution in [2.24, 2.45) is 0 Å². The molecule has 4 heterocycles. The molecule has 0 N–H and O–H groups in total. The Morgan fingerprint density at radius 1 is 1.09 bits per heavy atom. The summed E-state index contributed by atoms with van der Waals surface area (Å²) in [4.78, 5) is 9.78. The highest BCUT2D eigenvalue weighted by Gasteiger charge is 2.29.